The Hall–Kier alpha value is -5.47. The normalized spacial score (nSPS) is 17.4. The molecule has 1 fully saturated rings. The van der Waals surface area contributed by atoms with Crippen molar-refractivity contribution >= 4 is 55.2 Å². The molecular formula is C41H39ClF6N8O5S. The van der Waals surface area contributed by atoms with E-state index < -0.39 is 93.3 Å². The molecule has 328 valence electrons. The molecule has 0 saturated heterocycles. The Kier molecular flexibility index (Phi) is 10.7. The number of aryl methyl sites for hydroxylation is 2. The van der Waals surface area contributed by atoms with Gasteiger partial charge in [0.1, 0.15) is 35.4 Å². The molecule has 8 rings (SSSR count). The number of hydrogen-bond acceptors (Lipinski definition) is 8. The largest absolute Gasteiger partial charge is 0.379 e. The highest BCUT2D eigenvalue weighted by molar-refractivity contribution is 7.92. The van der Waals surface area contributed by atoms with E-state index in [9.17, 15) is 35.6 Å². The molecule has 2 N–H and O–H groups in total. The first-order valence-corrected chi connectivity index (χ1v) is 21.6. The van der Waals surface area contributed by atoms with Crippen LogP contribution in [0, 0.1) is 17.6 Å². The number of ether oxygens (including phenoxy) is 1. The van der Waals surface area contributed by atoms with Crippen molar-refractivity contribution in [3.63, 3.8) is 0 Å². The molecule has 62 heavy (non-hydrogen) atoms. The van der Waals surface area contributed by atoms with Gasteiger partial charge in [-0.2, -0.15) is 19.0 Å². The molecule has 2 aliphatic carbocycles. The Morgan fingerprint density at radius 2 is 1.77 bits per heavy atom. The van der Waals surface area contributed by atoms with Crippen molar-refractivity contribution in [2.75, 3.05) is 18.1 Å². The number of alkyl halides is 4. The summed E-state index contributed by atoms with van der Waals surface area (Å²) in [7, 11) is -0.856. The molecule has 21 heteroatoms. The zero-order chi connectivity index (χ0) is 44.8. The van der Waals surface area contributed by atoms with Gasteiger partial charge in [-0.3, -0.25) is 28.2 Å². The van der Waals surface area contributed by atoms with Crippen LogP contribution in [-0.4, -0.2) is 62.4 Å². The van der Waals surface area contributed by atoms with Gasteiger partial charge < -0.3 is 10.1 Å². The van der Waals surface area contributed by atoms with Crippen molar-refractivity contribution < 1.29 is 44.3 Å². The number of halogens is 7. The summed E-state index contributed by atoms with van der Waals surface area (Å²) >= 11 is 6.63. The van der Waals surface area contributed by atoms with Crippen molar-refractivity contribution in [3.8, 4) is 5.69 Å². The van der Waals surface area contributed by atoms with Gasteiger partial charge in [-0.05, 0) is 86.6 Å². The minimum atomic E-state index is -3.90. The topological polar surface area (TPSA) is 155 Å². The Morgan fingerprint density at radius 1 is 1.06 bits per heavy atom. The number of hydrogen-bond donors (Lipinski definition) is 2. The van der Waals surface area contributed by atoms with Crippen LogP contribution in [0.3, 0.4) is 0 Å². The zero-order valence-corrected chi connectivity index (χ0v) is 35.3. The smallest absolute Gasteiger partial charge is 0.293 e. The number of fused-ring (bicyclic) bond motifs is 5. The summed E-state index contributed by atoms with van der Waals surface area (Å²) < 4.78 is 124. The lowest BCUT2D eigenvalue weighted by Crippen LogP contribution is -2.38. The van der Waals surface area contributed by atoms with Crippen LogP contribution in [0.1, 0.15) is 79.0 Å². The second-order valence-electron chi connectivity index (χ2n) is 16.3. The number of amides is 1. The highest BCUT2D eigenvalue weighted by Gasteiger charge is 2.67. The first kappa shape index (κ1) is 43.2. The van der Waals surface area contributed by atoms with Crippen molar-refractivity contribution in [2.45, 2.75) is 76.0 Å². The fourth-order valence-corrected chi connectivity index (χ4v) is 9.06. The average Bonchev–Trinajstić information content (AvgIpc) is 3.72. The number of rotatable bonds is 14. The van der Waals surface area contributed by atoms with Gasteiger partial charge in [0.25, 0.3) is 17.9 Å². The van der Waals surface area contributed by atoms with Crippen molar-refractivity contribution in [1.82, 2.24) is 34.4 Å². The summed E-state index contributed by atoms with van der Waals surface area (Å²) in [5, 5.41) is 11.0. The third-order valence-electron chi connectivity index (χ3n) is 11.4. The van der Waals surface area contributed by atoms with E-state index in [2.05, 4.69) is 20.2 Å². The number of carbonyl (C=O) groups is 1. The molecule has 3 atom stereocenters. The minimum Gasteiger partial charge on any atom is -0.379 e. The van der Waals surface area contributed by atoms with Gasteiger partial charge in [0.15, 0.2) is 5.82 Å². The van der Waals surface area contributed by atoms with Crippen LogP contribution in [0.15, 0.2) is 53.3 Å². The van der Waals surface area contributed by atoms with Crippen molar-refractivity contribution in [1.29, 1.82) is 0 Å². The van der Waals surface area contributed by atoms with Crippen LogP contribution in [0.4, 0.5) is 32.2 Å². The minimum absolute atomic E-state index is 0.00133. The molecule has 0 aliphatic heterocycles. The molecule has 0 bridgehead atoms. The Balaban J connectivity index is 1.33. The molecule has 0 spiro atoms. The fourth-order valence-electron chi connectivity index (χ4n) is 8.33. The Morgan fingerprint density at radius 3 is 2.44 bits per heavy atom. The predicted octanol–water partition coefficient (Wildman–Crippen LogP) is 7.38. The average molecular weight is 905 g/mol. The van der Waals surface area contributed by atoms with Crippen molar-refractivity contribution in [2.24, 2.45) is 13.0 Å². The van der Waals surface area contributed by atoms with E-state index in [0.717, 1.165) is 28.5 Å². The van der Waals surface area contributed by atoms with Crippen molar-refractivity contribution in [3.05, 3.63) is 109 Å². The number of anilines is 1. The summed E-state index contributed by atoms with van der Waals surface area (Å²) in [6.07, 6.45) is -1.67. The maximum Gasteiger partial charge on any atom is 0.293 e. The predicted molar refractivity (Wildman–Crippen MR) is 217 cm³/mol. The van der Waals surface area contributed by atoms with Crippen LogP contribution in [0.5, 0.6) is 0 Å². The van der Waals surface area contributed by atoms with Gasteiger partial charge in [-0.1, -0.05) is 17.7 Å². The van der Waals surface area contributed by atoms with Gasteiger partial charge in [-0.25, -0.2) is 31.0 Å². The molecule has 1 amide bonds. The lowest BCUT2D eigenvalue weighted by molar-refractivity contribution is -0.123. The van der Waals surface area contributed by atoms with Crippen LogP contribution < -0.4 is 15.6 Å². The molecule has 1 saturated carbocycles. The quantitative estimate of drug-likeness (QED) is 0.107. The third kappa shape index (κ3) is 7.91. The number of nitrogens with one attached hydrogen (secondary N) is 2. The van der Waals surface area contributed by atoms with Crippen LogP contribution >= 0.6 is 11.6 Å². The molecular weight excluding hydrogens is 866 g/mol. The molecule has 3 aromatic carbocycles. The second-order valence-corrected chi connectivity index (χ2v) is 18.5. The lowest BCUT2D eigenvalue weighted by atomic mass is 9.98. The molecule has 3 heterocycles. The molecule has 13 nitrogen and oxygen atoms in total. The van der Waals surface area contributed by atoms with E-state index in [1.807, 2.05) is 13.8 Å². The van der Waals surface area contributed by atoms with Gasteiger partial charge in [0.05, 0.1) is 50.4 Å². The summed E-state index contributed by atoms with van der Waals surface area (Å²) in [6, 6.07) is 8.91. The van der Waals surface area contributed by atoms with Gasteiger partial charge in [0, 0.05) is 38.1 Å². The van der Waals surface area contributed by atoms with Crippen LogP contribution in [0.2, 0.25) is 5.02 Å². The molecule has 2 aliphatic rings. The van der Waals surface area contributed by atoms with Crippen LogP contribution in [0.25, 0.3) is 27.5 Å². The van der Waals surface area contributed by atoms with Gasteiger partial charge >= 0.3 is 0 Å². The second kappa shape index (κ2) is 15.4. The SMILES string of the molecule is COC(C)(C)CCc1ccc2c(=O)n(-c3ccc(Cl)c4c(NS(C)(=O)=O)nn(C)c34)c([C@H](Cc3cc(F)cc(F)c3)NC(=O)Cn3nc(C(F)F)c4c3C(F)(F)[C@@H]3C[C@H]43)nc2c1. The first-order chi connectivity index (χ1) is 29.1. The van der Waals surface area contributed by atoms with E-state index in [0.29, 0.717) is 23.6 Å². The molecule has 0 radical (unpaired) electrons. The fraction of sp³-hybridized carbons (Fsp3) is 0.390. The van der Waals surface area contributed by atoms with E-state index in [1.165, 1.54) is 23.9 Å². The molecule has 0 unspecified atom stereocenters. The van der Waals surface area contributed by atoms with E-state index in [-0.39, 0.29) is 61.7 Å². The summed E-state index contributed by atoms with van der Waals surface area (Å²) in [6.45, 7) is 2.84. The highest BCUT2D eigenvalue weighted by atomic mass is 35.5. The first-order valence-electron chi connectivity index (χ1n) is 19.3. The zero-order valence-electron chi connectivity index (χ0n) is 33.7. The maximum absolute atomic E-state index is 15.5. The number of methoxy groups -OCH3 is 1. The third-order valence-corrected chi connectivity index (χ3v) is 12.3. The summed E-state index contributed by atoms with van der Waals surface area (Å²) in [4.78, 5) is 34.0. The molecule has 6 aromatic rings. The maximum atomic E-state index is 15.5. The number of nitrogens with zero attached hydrogens (tertiary/aromatic N) is 6. The summed E-state index contributed by atoms with van der Waals surface area (Å²) in [5.74, 6) is -8.92. The molecule has 3 aromatic heterocycles. The number of sulfonamides is 1. The van der Waals surface area contributed by atoms with Gasteiger partial charge in [-0.15, -0.1) is 0 Å². The monoisotopic (exact) mass is 904 g/mol. The highest BCUT2D eigenvalue weighted by Crippen LogP contribution is 2.68. The Labute approximate surface area is 355 Å². The standard InChI is InChI=1S/C41H39ClF6N8O5S/c1-40(2,61-4)11-10-19-6-7-23-27(14-19)50-38(56(39(23)58)29-9-8-26(42)32-34(29)54(3)52-37(32)53-62(5,59)60)28(15-20-12-21(43)16-22(44)13-20)49-30(57)18-55-35-31(33(51-55)36(45)46)24-17-25(24)41(35,47)48/h6-9,12-14,16,24-25,28,36H,10-11,15,17-18H2,1-5H3,(H,49,57)(H,52,53)/t24-,25+,28-/m0/s1. The number of carbonyl (C=O) groups excluding carboxylic acids is 1. The Bertz CT molecular complexity index is 2970. The van der Waals surface area contributed by atoms with E-state index in [4.69, 9.17) is 21.3 Å². The van der Waals surface area contributed by atoms with E-state index >= 15 is 8.78 Å². The number of benzene rings is 3. The van der Waals surface area contributed by atoms with Gasteiger partial charge in [0.2, 0.25) is 15.9 Å². The van der Waals surface area contributed by atoms with Crippen LogP contribution in [-0.2, 0) is 51.9 Å². The number of aromatic nitrogens is 6. The van der Waals surface area contributed by atoms with E-state index in [1.54, 1.807) is 25.3 Å². The lowest BCUT2D eigenvalue weighted by Gasteiger charge is -2.24. The summed E-state index contributed by atoms with van der Waals surface area (Å²) in [5.41, 5.74) is -2.06.